The summed E-state index contributed by atoms with van der Waals surface area (Å²) in [6, 6.07) is 5.70. The van der Waals surface area contributed by atoms with Gasteiger partial charge in [0.2, 0.25) is 0 Å². The standard InChI is InChI=1S/C20H26N8O/c1-25-14-21-16(12-19(25)29)13-26-10-6-15(7-11-26)20-23-22-17-4-5-18(24-28(17)20)27-8-2-3-9-27/h4-5,12,14-15H,2-3,6-11,13H2,1H3. The van der Waals surface area contributed by atoms with Crippen molar-refractivity contribution in [3.63, 3.8) is 0 Å². The van der Waals surface area contributed by atoms with E-state index in [1.807, 2.05) is 10.6 Å². The van der Waals surface area contributed by atoms with Crippen molar-refractivity contribution in [2.24, 2.45) is 7.05 Å². The lowest BCUT2D eigenvalue weighted by molar-refractivity contribution is 0.198. The highest BCUT2D eigenvalue weighted by molar-refractivity contribution is 5.46. The summed E-state index contributed by atoms with van der Waals surface area (Å²) >= 11 is 0. The van der Waals surface area contributed by atoms with E-state index in [1.165, 1.54) is 17.4 Å². The van der Waals surface area contributed by atoms with Gasteiger partial charge < -0.3 is 9.47 Å². The number of anilines is 1. The van der Waals surface area contributed by atoms with Gasteiger partial charge in [-0.1, -0.05) is 0 Å². The van der Waals surface area contributed by atoms with Gasteiger partial charge in [0.25, 0.3) is 5.56 Å². The lowest BCUT2D eigenvalue weighted by Gasteiger charge is -2.30. The first kappa shape index (κ1) is 18.2. The van der Waals surface area contributed by atoms with Crippen molar-refractivity contribution in [3.8, 4) is 0 Å². The number of rotatable bonds is 4. The molecule has 0 aromatic carbocycles. The van der Waals surface area contributed by atoms with E-state index in [4.69, 9.17) is 5.10 Å². The SMILES string of the molecule is Cn1cnc(CN2CCC(c3nnc4ccc(N5CCCC5)nn34)CC2)cc1=O. The second-order valence-corrected chi connectivity index (χ2v) is 8.09. The summed E-state index contributed by atoms with van der Waals surface area (Å²) in [5.41, 5.74) is 1.63. The number of aryl methyl sites for hydroxylation is 1. The van der Waals surface area contributed by atoms with Gasteiger partial charge >= 0.3 is 0 Å². The van der Waals surface area contributed by atoms with Crippen molar-refractivity contribution in [2.75, 3.05) is 31.1 Å². The Balaban J connectivity index is 1.28. The fourth-order valence-electron chi connectivity index (χ4n) is 4.33. The first-order valence-corrected chi connectivity index (χ1v) is 10.4. The van der Waals surface area contributed by atoms with E-state index < -0.39 is 0 Å². The molecule has 0 aliphatic carbocycles. The van der Waals surface area contributed by atoms with E-state index in [0.29, 0.717) is 12.5 Å². The molecule has 3 aromatic heterocycles. The van der Waals surface area contributed by atoms with Crippen LogP contribution in [0.4, 0.5) is 5.82 Å². The zero-order valence-electron chi connectivity index (χ0n) is 16.7. The molecule has 2 fully saturated rings. The molecule has 0 saturated carbocycles. The minimum absolute atomic E-state index is 0.0142. The van der Waals surface area contributed by atoms with Crippen molar-refractivity contribution < 1.29 is 0 Å². The summed E-state index contributed by atoms with van der Waals surface area (Å²) in [5.74, 6) is 2.33. The molecule has 0 amide bonds. The summed E-state index contributed by atoms with van der Waals surface area (Å²) in [6.07, 6.45) is 6.06. The van der Waals surface area contributed by atoms with Crippen molar-refractivity contribution in [2.45, 2.75) is 38.1 Å². The number of aromatic nitrogens is 6. The van der Waals surface area contributed by atoms with Crippen LogP contribution in [-0.2, 0) is 13.6 Å². The van der Waals surface area contributed by atoms with Crippen LogP contribution in [0.1, 0.15) is 43.1 Å². The lowest BCUT2D eigenvalue weighted by Crippen LogP contribution is -2.34. The van der Waals surface area contributed by atoms with Gasteiger partial charge in [0, 0.05) is 38.7 Å². The summed E-state index contributed by atoms with van der Waals surface area (Å²) in [5, 5.41) is 13.7. The Morgan fingerprint density at radius 3 is 2.62 bits per heavy atom. The third-order valence-electron chi connectivity index (χ3n) is 6.08. The summed E-state index contributed by atoms with van der Waals surface area (Å²) in [4.78, 5) is 20.9. The predicted octanol–water partition coefficient (Wildman–Crippen LogP) is 1.20. The van der Waals surface area contributed by atoms with Crippen LogP contribution in [-0.4, -0.2) is 60.4 Å². The number of likely N-dealkylation sites (tertiary alicyclic amines) is 1. The third-order valence-corrected chi connectivity index (χ3v) is 6.08. The fourth-order valence-corrected chi connectivity index (χ4v) is 4.33. The zero-order valence-corrected chi connectivity index (χ0v) is 16.7. The molecule has 152 valence electrons. The minimum Gasteiger partial charge on any atom is -0.355 e. The smallest absolute Gasteiger partial charge is 0.253 e. The molecule has 9 heteroatoms. The van der Waals surface area contributed by atoms with Crippen LogP contribution in [0.5, 0.6) is 0 Å². The number of piperidine rings is 1. The maximum absolute atomic E-state index is 11.8. The molecule has 0 spiro atoms. The number of fused-ring (bicyclic) bond motifs is 1. The molecule has 2 aliphatic rings. The van der Waals surface area contributed by atoms with E-state index in [1.54, 1.807) is 19.4 Å². The average Bonchev–Trinajstić information content (AvgIpc) is 3.41. The zero-order chi connectivity index (χ0) is 19.8. The van der Waals surface area contributed by atoms with Crippen molar-refractivity contribution in [1.29, 1.82) is 0 Å². The summed E-state index contributed by atoms with van der Waals surface area (Å²) in [7, 11) is 1.72. The molecule has 2 saturated heterocycles. The molecule has 3 aromatic rings. The molecule has 2 aliphatic heterocycles. The third kappa shape index (κ3) is 3.62. The Hall–Kier alpha value is -2.81. The number of nitrogens with zero attached hydrogens (tertiary/aromatic N) is 8. The van der Waals surface area contributed by atoms with Crippen molar-refractivity contribution >= 4 is 11.5 Å². The molecule has 9 nitrogen and oxygen atoms in total. The van der Waals surface area contributed by atoms with Gasteiger partial charge in [-0.2, -0.15) is 4.52 Å². The molecule has 0 N–H and O–H groups in total. The van der Waals surface area contributed by atoms with Gasteiger partial charge in [0.15, 0.2) is 11.5 Å². The van der Waals surface area contributed by atoms with Gasteiger partial charge in [-0.05, 0) is 50.9 Å². The Kier molecular flexibility index (Phi) is 4.75. The Morgan fingerprint density at radius 1 is 1.07 bits per heavy atom. The van der Waals surface area contributed by atoms with Crippen LogP contribution in [0, 0.1) is 0 Å². The normalized spacial score (nSPS) is 18.7. The number of hydrogen-bond acceptors (Lipinski definition) is 7. The molecule has 0 bridgehead atoms. The number of hydrogen-bond donors (Lipinski definition) is 0. The lowest BCUT2D eigenvalue weighted by atomic mass is 9.96. The quantitative estimate of drug-likeness (QED) is 0.657. The average molecular weight is 394 g/mol. The van der Waals surface area contributed by atoms with Crippen molar-refractivity contribution in [3.05, 3.63) is 46.4 Å². The highest BCUT2D eigenvalue weighted by Gasteiger charge is 2.26. The van der Waals surface area contributed by atoms with Gasteiger partial charge in [-0.3, -0.25) is 9.69 Å². The van der Waals surface area contributed by atoms with Crippen LogP contribution < -0.4 is 10.5 Å². The summed E-state index contributed by atoms with van der Waals surface area (Å²) in [6.45, 7) is 4.75. The van der Waals surface area contributed by atoms with Crippen LogP contribution in [0.25, 0.3) is 5.65 Å². The van der Waals surface area contributed by atoms with E-state index >= 15 is 0 Å². The van der Waals surface area contributed by atoms with Crippen LogP contribution in [0.3, 0.4) is 0 Å². The highest BCUT2D eigenvalue weighted by Crippen LogP contribution is 2.28. The Bertz CT molecular complexity index is 1060. The van der Waals surface area contributed by atoms with Gasteiger partial charge in [-0.25, -0.2) is 4.98 Å². The molecule has 5 heterocycles. The van der Waals surface area contributed by atoms with Gasteiger partial charge in [0.05, 0.1) is 12.0 Å². The Morgan fingerprint density at radius 2 is 1.86 bits per heavy atom. The monoisotopic (exact) mass is 394 g/mol. The van der Waals surface area contributed by atoms with Crippen LogP contribution in [0.15, 0.2) is 29.3 Å². The minimum atomic E-state index is -0.0142. The molecular weight excluding hydrogens is 368 g/mol. The second kappa shape index (κ2) is 7.55. The topological polar surface area (TPSA) is 84.5 Å². The maximum Gasteiger partial charge on any atom is 0.253 e. The molecule has 0 unspecified atom stereocenters. The second-order valence-electron chi connectivity index (χ2n) is 8.09. The van der Waals surface area contributed by atoms with Gasteiger partial charge in [0.1, 0.15) is 5.82 Å². The first-order valence-electron chi connectivity index (χ1n) is 10.4. The van der Waals surface area contributed by atoms with E-state index in [-0.39, 0.29) is 5.56 Å². The first-order chi connectivity index (χ1) is 14.2. The van der Waals surface area contributed by atoms with Gasteiger partial charge in [-0.15, -0.1) is 15.3 Å². The molecule has 0 radical (unpaired) electrons. The fraction of sp³-hybridized carbons (Fsp3) is 0.550. The van der Waals surface area contributed by atoms with E-state index in [0.717, 1.165) is 62.0 Å². The molecular formula is C20H26N8O. The van der Waals surface area contributed by atoms with Crippen molar-refractivity contribution in [1.82, 2.24) is 34.3 Å². The van der Waals surface area contributed by atoms with E-state index in [2.05, 4.69) is 31.0 Å². The molecule has 29 heavy (non-hydrogen) atoms. The molecule has 5 rings (SSSR count). The maximum atomic E-state index is 11.8. The van der Waals surface area contributed by atoms with Crippen LogP contribution >= 0.6 is 0 Å². The predicted molar refractivity (Wildman–Crippen MR) is 109 cm³/mol. The largest absolute Gasteiger partial charge is 0.355 e. The Labute approximate surface area is 169 Å². The summed E-state index contributed by atoms with van der Waals surface area (Å²) < 4.78 is 3.44. The molecule has 0 atom stereocenters. The van der Waals surface area contributed by atoms with Crippen LogP contribution in [0.2, 0.25) is 0 Å². The highest BCUT2D eigenvalue weighted by atomic mass is 16.1. The van der Waals surface area contributed by atoms with E-state index in [9.17, 15) is 4.79 Å².